The number of nitrogens with zero attached hydrogens (tertiary/aromatic N) is 6. The number of aryl methyl sites for hydroxylation is 1. The van der Waals surface area contributed by atoms with Gasteiger partial charge in [0.15, 0.2) is 5.82 Å². The maximum Gasteiger partial charge on any atom is 0.253 e. The number of fused-ring (bicyclic) bond motifs is 1. The van der Waals surface area contributed by atoms with E-state index in [4.69, 9.17) is 4.74 Å². The fraction of sp³-hybridized carbons (Fsp3) is 0.267. The maximum atomic E-state index is 14.5. The SMILES string of the molecule is COc1ccc(Cn2nnnc2C(c2cc3cc(C)ccc3[nH]c2=O)N2CCN(c3ccccc3F)CC2)cc1. The van der Waals surface area contributed by atoms with Gasteiger partial charge in [0, 0.05) is 37.3 Å². The molecule has 9 nitrogen and oxygen atoms in total. The summed E-state index contributed by atoms with van der Waals surface area (Å²) in [7, 11) is 1.63. The number of aromatic amines is 1. The van der Waals surface area contributed by atoms with Crippen LogP contribution in [-0.4, -0.2) is 63.4 Å². The summed E-state index contributed by atoms with van der Waals surface area (Å²) < 4.78 is 21.6. The Bertz CT molecular complexity index is 1690. The number of tetrazole rings is 1. The summed E-state index contributed by atoms with van der Waals surface area (Å²) in [4.78, 5) is 20.8. The molecule has 0 bridgehead atoms. The van der Waals surface area contributed by atoms with E-state index in [2.05, 4.69) is 31.5 Å². The lowest BCUT2D eigenvalue weighted by Gasteiger charge is -2.39. The third-order valence-electron chi connectivity index (χ3n) is 7.49. The van der Waals surface area contributed by atoms with Gasteiger partial charge in [-0.25, -0.2) is 9.07 Å². The van der Waals surface area contributed by atoms with Crippen molar-refractivity contribution < 1.29 is 9.13 Å². The Balaban J connectivity index is 1.38. The van der Waals surface area contributed by atoms with Crippen molar-refractivity contribution in [3.63, 3.8) is 0 Å². The second-order valence-corrected chi connectivity index (χ2v) is 10.1. The zero-order valence-corrected chi connectivity index (χ0v) is 22.4. The van der Waals surface area contributed by atoms with Gasteiger partial charge in [0.1, 0.15) is 17.6 Å². The van der Waals surface area contributed by atoms with E-state index in [-0.39, 0.29) is 11.4 Å². The Morgan fingerprint density at radius 3 is 2.52 bits per heavy atom. The van der Waals surface area contributed by atoms with Gasteiger partial charge in [-0.05, 0) is 70.8 Å². The molecular weight excluding hydrogens is 509 g/mol. The van der Waals surface area contributed by atoms with E-state index in [1.54, 1.807) is 23.9 Å². The normalized spacial score (nSPS) is 14.9. The minimum atomic E-state index is -0.496. The monoisotopic (exact) mass is 539 g/mol. The molecule has 2 aromatic heterocycles. The standard InChI is InChI=1S/C30H30FN7O2/c1-20-7-12-26-22(17-20)18-24(30(39)32-26)28(37-15-13-36(14-16-37)27-6-4-3-5-25(27)31)29-33-34-35-38(29)19-21-8-10-23(40-2)11-9-21/h3-12,17-18,28H,13-16,19H2,1-2H3,(H,32,39). The topological polar surface area (TPSA) is 92.2 Å². The van der Waals surface area contributed by atoms with Crippen molar-refractivity contribution >= 4 is 16.6 Å². The number of hydrogen-bond acceptors (Lipinski definition) is 7. The van der Waals surface area contributed by atoms with Crippen molar-refractivity contribution in [3.05, 3.63) is 111 Å². The number of ether oxygens (including phenoxy) is 1. The number of para-hydroxylation sites is 1. The van der Waals surface area contributed by atoms with Gasteiger partial charge in [0.05, 0.1) is 19.3 Å². The predicted molar refractivity (Wildman–Crippen MR) is 151 cm³/mol. The molecule has 5 aromatic rings. The van der Waals surface area contributed by atoms with Crippen LogP contribution < -0.4 is 15.2 Å². The highest BCUT2D eigenvalue weighted by Gasteiger charge is 2.33. The molecule has 1 atom stereocenters. The third-order valence-corrected chi connectivity index (χ3v) is 7.49. The predicted octanol–water partition coefficient (Wildman–Crippen LogP) is 3.93. The van der Waals surface area contributed by atoms with E-state index in [1.807, 2.05) is 60.4 Å². The lowest BCUT2D eigenvalue weighted by molar-refractivity contribution is 0.200. The molecule has 1 saturated heterocycles. The molecule has 1 aliphatic rings. The van der Waals surface area contributed by atoms with Crippen molar-refractivity contribution in [3.8, 4) is 5.75 Å². The molecule has 0 aliphatic carbocycles. The number of methoxy groups -OCH3 is 1. The number of rotatable bonds is 7. The van der Waals surface area contributed by atoms with Crippen LogP contribution in [0, 0.1) is 12.7 Å². The van der Waals surface area contributed by atoms with Gasteiger partial charge in [-0.15, -0.1) is 5.10 Å². The van der Waals surface area contributed by atoms with Crippen molar-refractivity contribution in [1.82, 2.24) is 30.1 Å². The lowest BCUT2D eigenvalue weighted by atomic mass is 10.0. The molecule has 1 N–H and O–H groups in total. The summed E-state index contributed by atoms with van der Waals surface area (Å²) in [6, 6.07) is 22.0. The largest absolute Gasteiger partial charge is 0.497 e. The second-order valence-electron chi connectivity index (χ2n) is 10.1. The smallest absolute Gasteiger partial charge is 0.253 e. The quantitative estimate of drug-likeness (QED) is 0.335. The van der Waals surface area contributed by atoms with Gasteiger partial charge in [-0.2, -0.15) is 0 Å². The number of aromatic nitrogens is 5. The molecular formula is C30H30FN7O2. The molecule has 1 aliphatic heterocycles. The van der Waals surface area contributed by atoms with Gasteiger partial charge in [0.25, 0.3) is 5.56 Å². The van der Waals surface area contributed by atoms with Gasteiger partial charge in [0.2, 0.25) is 0 Å². The van der Waals surface area contributed by atoms with Crippen LogP contribution in [0.3, 0.4) is 0 Å². The first kappa shape index (κ1) is 25.7. The third kappa shape index (κ3) is 5.05. The molecule has 0 saturated carbocycles. The van der Waals surface area contributed by atoms with Crippen molar-refractivity contribution in [2.45, 2.75) is 19.5 Å². The Morgan fingerprint density at radius 1 is 1.00 bits per heavy atom. The molecule has 0 amide bonds. The summed E-state index contributed by atoms with van der Waals surface area (Å²) in [6.45, 7) is 4.85. The molecule has 40 heavy (non-hydrogen) atoms. The number of halogens is 1. The highest BCUT2D eigenvalue weighted by atomic mass is 19.1. The molecule has 1 unspecified atom stereocenters. The minimum Gasteiger partial charge on any atom is -0.497 e. The summed E-state index contributed by atoms with van der Waals surface area (Å²) in [5.74, 6) is 1.11. The van der Waals surface area contributed by atoms with Gasteiger partial charge in [-0.3, -0.25) is 9.69 Å². The van der Waals surface area contributed by atoms with E-state index in [0.717, 1.165) is 27.8 Å². The summed E-state index contributed by atoms with van der Waals surface area (Å²) in [6.07, 6.45) is 0. The number of H-pyrrole nitrogens is 1. The summed E-state index contributed by atoms with van der Waals surface area (Å²) >= 11 is 0. The maximum absolute atomic E-state index is 14.5. The van der Waals surface area contributed by atoms with Crippen molar-refractivity contribution in [2.24, 2.45) is 0 Å². The number of pyridine rings is 1. The number of hydrogen-bond donors (Lipinski definition) is 1. The van der Waals surface area contributed by atoms with E-state index < -0.39 is 6.04 Å². The average Bonchev–Trinajstić information content (AvgIpc) is 3.42. The molecule has 3 aromatic carbocycles. The Labute approximate surface area is 230 Å². The van der Waals surface area contributed by atoms with E-state index in [9.17, 15) is 9.18 Å². The highest BCUT2D eigenvalue weighted by molar-refractivity contribution is 5.79. The number of benzene rings is 3. The van der Waals surface area contributed by atoms with Gasteiger partial charge in [-0.1, -0.05) is 35.9 Å². The van der Waals surface area contributed by atoms with Gasteiger partial charge < -0.3 is 14.6 Å². The van der Waals surface area contributed by atoms with E-state index in [0.29, 0.717) is 49.8 Å². The molecule has 1 fully saturated rings. The molecule has 0 radical (unpaired) electrons. The van der Waals surface area contributed by atoms with Crippen LogP contribution in [0.25, 0.3) is 10.9 Å². The molecule has 0 spiro atoms. The van der Waals surface area contributed by atoms with Crippen molar-refractivity contribution in [2.75, 3.05) is 38.2 Å². The molecule has 204 valence electrons. The van der Waals surface area contributed by atoms with Crippen LogP contribution in [-0.2, 0) is 6.54 Å². The first-order valence-electron chi connectivity index (χ1n) is 13.3. The second kappa shape index (κ2) is 10.9. The van der Waals surface area contributed by atoms with E-state index >= 15 is 0 Å². The highest BCUT2D eigenvalue weighted by Crippen LogP contribution is 2.30. The fourth-order valence-corrected chi connectivity index (χ4v) is 5.40. The van der Waals surface area contributed by atoms with Crippen LogP contribution in [0.5, 0.6) is 5.75 Å². The van der Waals surface area contributed by atoms with Crippen LogP contribution in [0.4, 0.5) is 10.1 Å². The Hall–Kier alpha value is -4.57. The summed E-state index contributed by atoms with van der Waals surface area (Å²) in [5.41, 5.74) is 3.85. The minimum absolute atomic E-state index is 0.183. The van der Waals surface area contributed by atoms with Crippen LogP contribution in [0.15, 0.2) is 77.6 Å². The molecule has 3 heterocycles. The van der Waals surface area contributed by atoms with E-state index in [1.165, 1.54) is 6.07 Å². The van der Waals surface area contributed by atoms with Crippen molar-refractivity contribution in [1.29, 1.82) is 0 Å². The van der Waals surface area contributed by atoms with Crippen LogP contribution >= 0.6 is 0 Å². The average molecular weight is 540 g/mol. The van der Waals surface area contributed by atoms with Gasteiger partial charge >= 0.3 is 0 Å². The number of piperazine rings is 1. The zero-order valence-electron chi connectivity index (χ0n) is 22.4. The first-order valence-corrected chi connectivity index (χ1v) is 13.3. The van der Waals surface area contributed by atoms with Crippen LogP contribution in [0.2, 0.25) is 0 Å². The Kier molecular flexibility index (Phi) is 7.00. The zero-order chi connectivity index (χ0) is 27.6. The summed E-state index contributed by atoms with van der Waals surface area (Å²) in [5, 5.41) is 13.7. The number of nitrogens with one attached hydrogen (secondary N) is 1. The fourth-order valence-electron chi connectivity index (χ4n) is 5.40. The number of anilines is 1. The first-order chi connectivity index (χ1) is 19.5. The van der Waals surface area contributed by atoms with Crippen LogP contribution in [0.1, 0.15) is 28.6 Å². The lowest BCUT2D eigenvalue weighted by Crippen LogP contribution is -2.49. The molecule has 10 heteroatoms. The molecule has 6 rings (SSSR count). The Morgan fingerprint density at radius 2 is 1.77 bits per heavy atom.